The summed E-state index contributed by atoms with van der Waals surface area (Å²) in [7, 11) is -3.83. The molecule has 1 amide bonds. The van der Waals surface area contributed by atoms with Crippen LogP contribution in [0, 0.1) is 5.92 Å². The van der Waals surface area contributed by atoms with Crippen molar-refractivity contribution in [3.05, 3.63) is 11.7 Å². The van der Waals surface area contributed by atoms with Crippen LogP contribution < -0.4 is 4.72 Å². The molecule has 0 saturated carbocycles. The number of amides is 1. The molecule has 1 saturated heterocycles. The van der Waals surface area contributed by atoms with Crippen LogP contribution in [0.5, 0.6) is 0 Å². The highest BCUT2D eigenvalue weighted by Crippen LogP contribution is 2.20. The molecule has 9 heteroatoms. The molecule has 1 aliphatic rings. The van der Waals surface area contributed by atoms with Crippen LogP contribution in [0.3, 0.4) is 0 Å². The Morgan fingerprint density at radius 3 is 2.45 bits per heavy atom. The minimum absolute atomic E-state index is 0.0694. The van der Waals surface area contributed by atoms with E-state index in [1.54, 1.807) is 13.8 Å². The number of hydrogen-bond donors (Lipinski definition) is 1. The minimum Gasteiger partial charge on any atom is -0.337 e. The molecule has 112 valence electrons. The Kier molecular flexibility index (Phi) is 3.83. The number of rotatable bonds is 4. The maximum atomic E-state index is 12.1. The van der Waals surface area contributed by atoms with Crippen LogP contribution in [0.1, 0.15) is 45.3 Å². The molecule has 1 N–H and O–H groups in total. The molecule has 0 radical (unpaired) electrons. The van der Waals surface area contributed by atoms with Crippen LogP contribution in [0.25, 0.3) is 0 Å². The fourth-order valence-electron chi connectivity index (χ4n) is 1.82. The SMILES string of the molecule is CC(C)c1noc(CN2C(=O)[C@H](C(C)C)NS2(=O)=O)n1. The van der Waals surface area contributed by atoms with Gasteiger partial charge in [0.05, 0.1) is 0 Å². The maximum absolute atomic E-state index is 12.1. The van der Waals surface area contributed by atoms with Crippen molar-refractivity contribution in [2.75, 3.05) is 0 Å². The molecular formula is C11H18N4O4S. The molecular weight excluding hydrogens is 284 g/mol. The standard InChI is InChI=1S/C11H18N4O4S/c1-6(2)9-11(16)15(20(17,18)14-9)5-8-12-10(7(3)4)13-19-8/h6-7,9,14H,5H2,1-4H3/t9-/m0/s1. The predicted octanol–water partition coefficient (Wildman–Crippen LogP) is 0.394. The lowest BCUT2D eigenvalue weighted by molar-refractivity contribution is -0.128. The second-order valence-corrected chi connectivity index (χ2v) is 7.02. The maximum Gasteiger partial charge on any atom is 0.305 e. The van der Waals surface area contributed by atoms with E-state index in [0.717, 1.165) is 4.31 Å². The summed E-state index contributed by atoms with van der Waals surface area (Å²) in [6.45, 7) is 7.10. The van der Waals surface area contributed by atoms with Crippen molar-refractivity contribution in [3.8, 4) is 0 Å². The van der Waals surface area contributed by atoms with Gasteiger partial charge in [-0.3, -0.25) is 4.79 Å². The zero-order chi connectivity index (χ0) is 15.1. The second-order valence-electron chi connectivity index (χ2n) is 5.39. The Morgan fingerprint density at radius 2 is 2.00 bits per heavy atom. The topological polar surface area (TPSA) is 105 Å². The van der Waals surface area contributed by atoms with E-state index in [1.807, 2.05) is 13.8 Å². The van der Waals surface area contributed by atoms with Crippen molar-refractivity contribution < 1.29 is 17.7 Å². The van der Waals surface area contributed by atoms with Gasteiger partial charge in [0.15, 0.2) is 5.82 Å². The summed E-state index contributed by atoms with van der Waals surface area (Å²) in [4.78, 5) is 16.2. The number of hydrogen-bond acceptors (Lipinski definition) is 6. The summed E-state index contributed by atoms with van der Waals surface area (Å²) in [5.74, 6) is 0.0367. The minimum atomic E-state index is -3.83. The van der Waals surface area contributed by atoms with Crippen molar-refractivity contribution in [3.63, 3.8) is 0 Å². The van der Waals surface area contributed by atoms with Gasteiger partial charge in [0.25, 0.3) is 5.91 Å². The van der Waals surface area contributed by atoms with E-state index in [1.165, 1.54) is 0 Å². The molecule has 1 aromatic rings. The zero-order valence-corrected chi connectivity index (χ0v) is 12.6. The van der Waals surface area contributed by atoms with Crippen LogP contribution in [0.15, 0.2) is 4.52 Å². The first kappa shape index (κ1) is 14.9. The first-order valence-corrected chi connectivity index (χ1v) is 7.82. The van der Waals surface area contributed by atoms with Gasteiger partial charge in [0, 0.05) is 5.92 Å². The quantitative estimate of drug-likeness (QED) is 0.862. The molecule has 8 nitrogen and oxygen atoms in total. The molecule has 0 aromatic carbocycles. The normalized spacial score (nSPS) is 22.2. The van der Waals surface area contributed by atoms with E-state index in [-0.39, 0.29) is 24.3 Å². The number of nitrogens with one attached hydrogen (secondary N) is 1. The number of carbonyl (C=O) groups is 1. The van der Waals surface area contributed by atoms with Crippen LogP contribution in [-0.2, 0) is 21.5 Å². The molecule has 0 unspecified atom stereocenters. The fraction of sp³-hybridized carbons (Fsp3) is 0.727. The lowest BCUT2D eigenvalue weighted by Gasteiger charge is -2.12. The van der Waals surface area contributed by atoms with Gasteiger partial charge < -0.3 is 4.52 Å². The summed E-state index contributed by atoms with van der Waals surface area (Å²) in [5, 5.41) is 3.75. The van der Waals surface area contributed by atoms with Gasteiger partial charge in [-0.2, -0.15) is 18.1 Å². The molecule has 0 bridgehead atoms. The third-order valence-corrected chi connectivity index (χ3v) is 4.46. The molecule has 20 heavy (non-hydrogen) atoms. The average molecular weight is 302 g/mol. The summed E-state index contributed by atoms with van der Waals surface area (Å²) in [6, 6.07) is -0.743. The monoisotopic (exact) mass is 302 g/mol. The number of carbonyl (C=O) groups excluding carboxylic acids is 1. The highest BCUT2D eigenvalue weighted by atomic mass is 32.2. The van der Waals surface area contributed by atoms with Crippen molar-refractivity contribution >= 4 is 16.1 Å². The molecule has 1 atom stereocenters. The Bertz CT molecular complexity index is 608. The largest absolute Gasteiger partial charge is 0.337 e. The van der Waals surface area contributed by atoms with Crippen LogP contribution >= 0.6 is 0 Å². The van der Waals surface area contributed by atoms with E-state index in [2.05, 4.69) is 14.9 Å². The summed E-state index contributed by atoms with van der Waals surface area (Å²) in [6.07, 6.45) is 0. The van der Waals surface area contributed by atoms with Gasteiger partial charge in [-0.05, 0) is 5.92 Å². The van der Waals surface area contributed by atoms with E-state index in [0.29, 0.717) is 5.82 Å². The lowest BCUT2D eigenvalue weighted by atomic mass is 10.1. The molecule has 0 aliphatic carbocycles. The Labute approximate surface area is 117 Å². The van der Waals surface area contributed by atoms with Crippen LogP contribution in [0.4, 0.5) is 0 Å². The first-order chi connectivity index (χ1) is 9.22. The number of aromatic nitrogens is 2. The van der Waals surface area contributed by atoms with Crippen molar-refractivity contribution in [1.29, 1.82) is 0 Å². The third-order valence-electron chi connectivity index (χ3n) is 3.02. The molecule has 1 aromatic heterocycles. The van der Waals surface area contributed by atoms with Crippen LogP contribution in [-0.4, -0.2) is 34.8 Å². The molecule has 1 fully saturated rings. The summed E-state index contributed by atoms with van der Waals surface area (Å²) in [5.41, 5.74) is 0. The predicted molar refractivity (Wildman–Crippen MR) is 69.6 cm³/mol. The molecule has 1 aliphatic heterocycles. The highest BCUT2D eigenvalue weighted by Gasteiger charge is 2.44. The van der Waals surface area contributed by atoms with Gasteiger partial charge in [-0.1, -0.05) is 32.9 Å². The van der Waals surface area contributed by atoms with Gasteiger partial charge in [0.2, 0.25) is 5.89 Å². The van der Waals surface area contributed by atoms with E-state index in [9.17, 15) is 13.2 Å². The van der Waals surface area contributed by atoms with E-state index < -0.39 is 22.2 Å². The first-order valence-electron chi connectivity index (χ1n) is 6.38. The van der Waals surface area contributed by atoms with Gasteiger partial charge in [-0.15, -0.1) is 0 Å². The summed E-state index contributed by atoms with van der Waals surface area (Å²) >= 11 is 0. The van der Waals surface area contributed by atoms with Gasteiger partial charge in [-0.25, -0.2) is 4.31 Å². The Hall–Kier alpha value is -1.48. The fourth-order valence-corrected chi connectivity index (χ4v) is 3.27. The Morgan fingerprint density at radius 1 is 1.35 bits per heavy atom. The smallest absolute Gasteiger partial charge is 0.305 e. The second kappa shape index (κ2) is 5.13. The van der Waals surface area contributed by atoms with Gasteiger partial charge >= 0.3 is 10.2 Å². The molecule has 2 rings (SSSR count). The number of nitrogens with zero attached hydrogens (tertiary/aromatic N) is 3. The molecule has 0 spiro atoms. The summed E-state index contributed by atoms with van der Waals surface area (Å²) < 4.78 is 31.9. The Balaban J connectivity index is 2.21. The van der Waals surface area contributed by atoms with Crippen LogP contribution in [0.2, 0.25) is 0 Å². The van der Waals surface area contributed by atoms with E-state index in [4.69, 9.17) is 4.52 Å². The third kappa shape index (κ3) is 2.68. The van der Waals surface area contributed by atoms with Crippen molar-refractivity contribution in [1.82, 2.24) is 19.2 Å². The zero-order valence-electron chi connectivity index (χ0n) is 11.8. The highest BCUT2D eigenvalue weighted by molar-refractivity contribution is 7.88. The average Bonchev–Trinajstić information content (AvgIpc) is 2.88. The van der Waals surface area contributed by atoms with Crippen molar-refractivity contribution in [2.24, 2.45) is 5.92 Å². The van der Waals surface area contributed by atoms with E-state index >= 15 is 0 Å². The lowest BCUT2D eigenvalue weighted by Crippen LogP contribution is -2.34. The van der Waals surface area contributed by atoms with Crippen molar-refractivity contribution in [2.45, 2.75) is 46.2 Å². The molecule has 2 heterocycles. The van der Waals surface area contributed by atoms with Gasteiger partial charge in [0.1, 0.15) is 12.6 Å².